The number of alkyl halides is 1. The molecule has 0 N–H and O–H groups in total. The first kappa shape index (κ1) is 31.0. The maximum atomic E-state index is 16.2. The monoisotopic (exact) mass is 557 g/mol. The van der Waals surface area contributed by atoms with Gasteiger partial charge in [0.1, 0.15) is 6.17 Å². The summed E-state index contributed by atoms with van der Waals surface area (Å²) in [6, 6.07) is 0. The quantitative estimate of drug-likeness (QED) is 0.218. The van der Waals surface area contributed by atoms with Crippen LogP contribution in [-0.4, -0.2) is 12.0 Å². The van der Waals surface area contributed by atoms with Crippen molar-refractivity contribution in [1.29, 1.82) is 0 Å². The molecule has 2 spiro atoms. The molecule has 0 atom stereocenters. The van der Waals surface area contributed by atoms with Gasteiger partial charge in [0.2, 0.25) is 0 Å². The molecule has 0 aromatic carbocycles. The van der Waals surface area contributed by atoms with Gasteiger partial charge in [0.25, 0.3) is 0 Å². The molecular formula is C38H65FO. The van der Waals surface area contributed by atoms with Gasteiger partial charge >= 0.3 is 0 Å². The summed E-state index contributed by atoms with van der Waals surface area (Å²) in [6.45, 7) is 4.60. The van der Waals surface area contributed by atoms with Crippen molar-refractivity contribution < 1.29 is 9.18 Å². The summed E-state index contributed by atoms with van der Waals surface area (Å²) in [4.78, 5) is 13.8. The van der Waals surface area contributed by atoms with Gasteiger partial charge in [-0.1, -0.05) is 104 Å². The Hall–Kier alpha value is -0.400. The van der Waals surface area contributed by atoms with Crippen LogP contribution < -0.4 is 0 Å². The molecule has 0 aromatic rings. The van der Waals surface area contributed by atoms with Crippen molar-refractivity contribution in [1.82, 2.24) is 0 Å². The minimum Gasteiger partial charge on any atom is -0.298 e. The van der Waals surface area contributed by atoms with E-state index in [4.69, 9.17) is 0 Å². The van der Waals surface area contributed by atoms with Gasteiger partial charge in [0, 0.05) is 0 Å². The highest BCUT2D eigenvalue weighted by Gasteiger charge is 2.71. The molecule has 0 aliphatic heterocycles. The van der Waals surface area contributed by atoms with Crippen LogP contribution in [0.4, 0.5) is 4.39 Å². The van der Waals surface area contributed by atoms with Crippen LogP contribution in [-0.2, 0) is 4.79 Å². The van der Waals surface area contributed by atoms with E-state index in [1.54, 1.807) is 0 Å². The highest BCUT2D eigenvalue weighted by molar-refractivity contribution is 5.98. The molecule has 5 rings (SSSR count). The highest BCUT2D eigenvalue weighted by atomic mass is 19.1. The lowest BCUT2D eigenvalue weighted by Gasteiger charge is -2.62. The molecule has 0 aromatic heterocycles. The number of halogens is 1. The zero-order valence-electron chi connectivity index (χ0n) is 26.7. The lowest BCUT2D eigenvalue weighted by Crippen LogP contribution is -2.69. The Labute approximate surface area is 248 Å². The Kier molecular flexibility index (Phi) is 11.2. The minimum absolute atomic E-state index is 0.385. The zero-order chi connectivity index (χ0) is 28.0. The van der Waals surface area contributed by atoms with E-state index in [0.29, 0.717) is 5.78 Å². The van der Waals surface area contributed by atoms with Gasteiger partial charge in [0.15, 0.2) is 5.78 Å². The first-order chi connectivity index (χ1) is 19.5. The maximum Gasteiger partial charge on any atom is 0.151 e. The summed E-state index contributed by atoms with van der Waals surface area (Å²) >= 11 is 0. The second-order valence-corrected chi connectivity index (χ2v) is 15.9. The van der Waals surface area contributed by atoms with E-state index in [2.05, 4.69) is 13.8 Å². The van der Waals surface area contributed by atoms with Gasteiger partial charge in [-0.2, -0.15) is 0 Å². The molecule has 0 amide bonds. The van der Waals surface area contributed by atoms with Crippen molar-refractivity contribution in [2.24, 2.45) is 46.3 Å². The minimum atomic E-state index is -0.841. The number of Topliss-reactive ketones (excluding diaryl/α,β-unsaturated/α-hetero) is 1. The molecule has 0 heterocycles. The summed E-state index contributed by atoms with van der Waals surface area (Å²) in [6.07, 6.45) is 32.4. The molecule has 5 aliphatic rings. The van der Waals surface area contributed by atoms with Crippen LogP contribution in [0.5, 0.6) is 0 Å². The third-order valence-corrected chi connectivity index (χ3v) is 13.8. The third-order valence-electron chi connectivity index (χ3n) is 13.8. The van der Waals surface area contributed by atoms with Crippen molar-refractivity contribution in [2.75, 3.05) is 0 Å². The molecule has 0 unspecified atom stereocenters. The van der Waals surface area contributed by atoms with E-state index in [1.165, 1.54) is 116 Å². The number of carbonyl (C=O) groups excluding carboxylic acids is 1. The molecular weight excluding hydrogens is 491 g/mol. The summed E-state index contributed by atoms with van der Waals surface area (Å²) in [5.74, 6) is 5.55. The second kappa shape index (κ2) is 14.4. The fourth-order valence-corrected chi connectivity index (χ4v) is 11.0. The van der Waals surface area contributed by atoms with Crippen molar-refractivity contribution in [3.05, 3.63) is 0 Å². The number of ketones is 1. The van der Waals surface area contributed by atoms with E-state index in [9.17, 15) is 4.79 Å². The van der Waals surface area contributed by atoms with E-state index < -0.39 is 17.0 Å². The van der Waals surface area contributed by atoms with E-state index in [1.807, 2.05) is 0 Å². The first-order valence-electron chi connectivity index (χ1n) is 18.7. The van der Waals surface area contributed by atoms with Crippen LogP contribution in [0.1, 0.15) is 181 Å². The summed E-state index contributed by atoms with van der Waals surface area (Å²) < 4.78 is 16.2. The van der Waals surface area contributed by atoms with Crippen molar-refractivity contribution >= 4 is 5.78 Å². The fourth-order valence-electron chi connectivity index (χ4n) is 11.0. The van der Waals surface area contributed by atoms with E-state index in [0.717, 1.165) is 86.9 Å². The molecule has 5 fully saturated rings. The van der Waals surface area contributed by atoms with Gasteiger partial charge in [-0.25, -0.2) is 4.39 Å². The van der Waals surface area contributed by atoms with Gasteiger partial charge in [-0.05, 0) is 113 Å². The molecule has 0 radical (unpaired) electrons. The van der Waals surface area contributed by atoms with Crippen LogP contribution in [0.25, 0.3) is 0 Å². The van der Waals surface area contributed by atoms with E-state index in [-0.39, 0.29) is 0 Å². The molecule has 1 nitrogen and oxygen atoms in total. The predicted molar refractivity (Wildman–Crippen MR) is 167 cm³/mol. The van der Waals surface area contributed by atoms with Crippen molar-refractivity contribution in [3.8, 4) is 0 Å². The Morgan fingerprint density at radius 1 is 0.525 bits per heavy atom. The summed E-state index contributed by atoms with van der Waals surface area (Å²) in [5, 5.41) is 0. The molecule has 5 saturated carbocycles. The normalized spacial score (nSPS) is 42.3. The van der Waals surface area contributed by atoms with Gasteiger partial charge in [0.05, 0.1) is 10.8 Å². The van der Waals surface area contributed by atoms with Crippen LogP contribution in [0.3, 0.4) is 0 Å². The fraction of sp³-hybridized carbons (Fsp3) is 0.974. The Morgan fingerprint density at radius 2 is 0.875 bits per heavy atom. The molecule has 5 aliphatic carbocycles. The molecule has 40 heavy (non-hydrogen) atoms. The van der Waals surface area contributed by atoms with Crippen molar-refractivity contribution in [3.63, 3.8) is 0 Å². The second-order valence-electron chi connectivity index (χ2n) is 15.9. The summed E-state index contributed by atoms with van der Waals surface area (Å²) in [7, 11) is 0. The molecule has 230 valence electrons. The van der Waals surface area contributed by atoms with Crippen LogP contribution in [0, 0.1) is 46.3 Å². The van der Waals surface area contributed by atoms with Crippen molar-refractivity contribution in [2.45, 2.75) is 187 Å². The van der Waals surface area contributed by atoms with Crippen LogP contribution >= 0.6 is 0 Å². The SMILES string of the molecule is CCCCCCC1CCC(C2CCC3(CC2)C(=O)C2(CCC(C4CCC(CCCCCC)CC4)CC2)C3F)CC1. The number of carbonyl (C=O) groups is 1. The maximum absolute atomic E-state index is 16.2. The topological polar surface area (TPSA) is 17.1 Å². The lowest BCUT2D eigenvalue weighted by atomic mass is 9.41. The summed E-state index contributed by atoms with van der Waals surface area (Å²) in [5.41, 5.74) is -1.15. The van der Waals surface area contributed by atoms with Crippen LogP contribution in [0.2, 0.25) is 0 Å². The highest BCUT2D eigenvalue weighted by Crippen LogP contribution is 2.66. The smallest absolute Gasteiger partial charge is 0.151 e. The third kappa shape index (κ3) is 6.56. The largest absolute Gasteiger partial charge is 0.298 e. The molecule has 2 heteroatoms. The van der Waals surface area contributed by atoms with Crippen LogP contribution in [0.15, 0.2) is 0 Å². The Bertz CT molecular complexity index is 694. The number of hydrogen-bond acceptors (Lipinski definition) is 1. The molecule has 0 bridgehead atoms. The Balaban J connectivity index is 1.02. The number of hydrogen-bond donors (Lipinski definition) is 0. The van der Waals surface area contributed by atoms with Gasteiger partial charge in [-0.15, -0.1) is 0 Å². The number of rotatable bonds is 12. The Morgan fingerprint density at radius 3 is 1.20 bits per heavy atom. The first-order valence-corrected chi connectivity index (χ1v) is 18.7. The van der Waals surface area contributed by atoms with Gasteiger partial charge < -0.3 is 0 Å². The molecule has 0 saturated heterocycles. The standard InChI is InChI=1S/C38H65FO/c1-3-5-7-9-11-29-13-17-31(18-14-29)33-21-25-37(26-22-33)35(39)38(36(37)40)27-23-34(24-28-38)32-19-15-30(16-20-32)12-10-8-6-4-2/h29-35H,3-28H2,1-2H3. The zero-order valence-corrected chi connectivity index (χ0v) is 26.7. The predicted octanol–water partition coefficient (Wildman–Crippen LogP) is 11.8. The average Bonchev–Trinajstić information content (AvgIpc) is 3.02. The number of unbranched alkanes of at least 4 members (excludes halogenated alkanes) is 6. The average molecular weight is 557 g/mol. The van der Waals surface area contributed by atoms with Gasteiger partial charge in [-0.3, -0.25) is 4.79 Å². The van der Waals surface area contributed by atoms with E-state index >= 15 is 4.39 Å². The lowest BCUT2D eigenvalue weighted by molar-refractivity contribution is -0.194.